The van der Waals surface area contributed by atoms with Crippen molar-refractivity contribution in [2.45, 2.75) is 17.7 Å². The standard InChI is InChI=1S/C15H18N4O3S/c1-18(23(21,22)14-7-3-2-4-8-14)13-15(20)19(11-5-9-16)12-6-10-17/h2-4,7-8H,5-6,11-13H2,1H3. The van der Waals surface area contributed by atoms with Crippen LogP contribution in [0.2, 0.25) is 0 Å². The van der Waals surface area contributed by atoms with Crippen LogP contribution in [0.4, 0.5) is 0 Å². The number of carbonyl (C=O) groups is 1. The summed E-state index contributed by atoms with van der Waals surface area (Å²) in [7, 11) is -2.43. The Labute approximate surface area is 136 Å². The van der Waals surface area contributed by atoms with E-state index in [1.807, 2.05) is 12.1 Å². The quantitative estimate of drug-likeness (QED) is 0.704. The summed E-state index contributed by atoms with van der Waals surface area (Å²) in [5.41, 5.74) is 0. The number of benzene rings is 1. The highest BCUT2D eigenvalue weighted by Gasteiger charge is 2.24. The maximum Gasteiger partial charge on any atom is 0.243 e. The highest BCUT2D eigenvalue weighted by atomic mass is 32.2. The Balaban J connectivity index is 2.81. The van der Waals surface area contributed by atoms with Crippen LogP contribution in [0.3, 0.4) is 0 Å². The fraction of sp³-hybridized carbons (Fsp3) is 0.400. The largest absolute Gasteiger partial charge is 0.339 e. The average molecular weight is 334 g/mol. The Kier molecular flexibility index (Phi) is 7.20. The van der Waals surface area contributed by atoms with E-state index in [0.29, 0.717) is 0 Å². The van der Waals surface area contributed by atoms with Crippen LogP contribution in [-0.2, 0) is 14.8 Å². The lowest BCUT2D eigenvalue weighted by Gasteiger charge is -2.24. The molecule has 1 amide bonds. The van der Waals surface area contributed by atoms with E-state index in [4.69, 9.17) is 10.5 Å². The van der Waals surface area contributed by atoms with Gasteiger partial charge in [0.05, 0.1) is 36.4 Å². The van der Waals surface area contributed by atoms with Crippen molar-refractivity contribution >= 4 is 15.9 Å². The molecule has 23 heavy (non-hydrogen) atoms. The predicted molar refractivity (Wildman–Crippen MR) is 83.3 cm³/mol. The first kappa shape index (κ1) is 18.6. The molecule has 0 aliphatic rings. The molecule has 0 heterocycles. The maximum absolute atomic E-state index is 12.4. The van der Waals surface area contributed by atoms with E-state index in [-0.39, 0.29) is 37.4 Å². The highest BCUT2D eigenvalue weighted by Crippen LogP contribution is 2.13. The SMILES string of the molecule is CN(CC(=O)N(CCC#N)CCC#N)S(=O)(=O)c1ccccc1. The molecular formula is C15H18N4O3S. The van der Waals surface area contributed by atoms with Gasteiger partial charge in [0, 0.05) is 20.1 Å². The van der Waals surface area contributed by atoms with E-state index in [2.05, 4.69) is 0 Å². The van der Waals surface area contributed by atoms with Crippen molar-refractivity contribution in [1.82, 2.24) is 9.21 Å². The third-order valence-corrected chi connectivity index (χ3v) is 4.97. The number of hydrogen-bond donors (Lipinski definition) is 0. The minimum atomic E-state index is -3.75. The van der Waals surface area contributed by atoms with Crippen LogP contribution in [-0.4, -0.2) is 50.2 Å². The van der Waals surface area contributed by atoms with Crippen molar-refractivity contribution < 1.29 is 13.2 Å². The number of likely N-dealkylation sites (N-methyl/N-ethyl adjacent to an activating group) is 1. The Morgan fingerprint density at radius 2 is 1.61 bits per heavy atom. The summed E-state index contributed by atoms with van der Waals surface area (Å²) in [4.78, 5) is 13.7. The number of amides is 1. The van der Waals surface area contributed by atoms with Gasteiger partial charge in [-0.2, -0.15) is 14.8 Å². The van der Waals surface area contributed by atoms with Gasteiger partial charge in [-0.3, -0.25) is 4.79 Å². The topological polar surface area (TPSA) is 105 Å². The smallest absolute Gasteiger partial charge is 0.243 e. The van der Waals surface area contributed by atoms with Gasteiger partial charge in [0.25, 0.3) is 0 Å². The molecule has 1 aromatic carbocycles. The fourth-order valence-electron chi connectivity index (χ4n) is 1.88. The van der Waals surface area contributed by atoms with Crippen LogP contribution in [0.1, 0.15) is 12.8 Å². The van der Waals surface area contributed by atoms with Gasteiger partial charge < -0.3 is 4.90 Å². The van der Waals surface area contributed by atoms with Crippen molar-refractivity contribution in [3.8, 4) is 12.1 Å². The second-order valence-corrected chi connectivity index (χ2v) is 6.82. The number of nitriles is 2. The van der Waals surface area contributed by atoms with Crippen LogP contribution in [0, 0.1) is 22.7 Å². The molecule has 0 N–H and O–H groups in total. The second kappa shape index (κ2) is 8.89. The van der Waals surface area contributed by atoms with Gasteiger partial charge in [0.15, 0.2) is 0 Å². The molecule has 7 nitrogen and oxygen atoms in total. The first-order valence-corrected chi connectivity index (χ1v) is 8.40. The van der Waals surface area contributed by atoms with E-state index >= 15 is 0 Å². The second-order valence-electron chi connectivity index (χ2n) is 4.77. The number of carbonyl (C=O) groups excluding carboxylic acids is 1. The minimum absolute atomic E-state index is 0.107. The summed E-state index contributed by atoms with van der Waals surface area (Å²) >= 11 is 0. The maximum atomic E-state index is 12.4. The number of rotatable bonds is 8. The third kappa shape index (κ3) is 5.37. The molecule has 0 spiro atoms. The van der Waals surface area contributed by atoms with Gasteiger partial charge in [-0.25, -0.2) is 8.42 Å². The third-order valence-electron chi connectivity index (χ3n) is 3.15. The molecule has 0 fully saturated rings. The molecule has 0 aliphatic carbocycles. The molecule has 0 unspecified atom stereocenters. The van der Waals surface area contributed by atoms with Crippen LogP contribution in [0.25, 0.3) is 0 Å². The number of hydrogen-bond acceptors (Lipinski definition) is 5. The predicted octanol–water partition coefficient (Wildman–Crippen LogP) is 0.963. The Bertz CT molecular complexity index is 686. The van der Waals surface area contributed by atoms with E-state index in [0.717, 1.165) is 4.31 Å². The summed E-state index contributed by atoms with van der Waals surface area (Å²) in [6.45, 7) is 0.0144. The molecule has 1 rings (SSSR count). The van der Waals surface area contributed by atoms with E-state index in [1.54, 1.807) is 18.2 Å². The molecule has 0 saturated carbocycles. The molecule has 0 saturated heterocycles. The van der Waals surface area contributed by atoms with E-state index < -0.39 is 15.9 Å². The number of sulfonamides is 1. The molecule has 1 aromatic rings. The Morgan fingerprint density at radius 3 is 2.09 bits per heavy atom. The van der Waals surface area contributed by atoms with Crippen LogP contribution < -0.4 is 0 Å². The fourth-order valence-corrected chi connectivity index (χ4v) is 3.02. The zero-order valence-corrected chi connectivity index (χ0v) is 13.7. The van der Waals surface area contributed by atoms with Crippen molar-refractivity contribution in [2.75, 3.05) is 26.7 Å². The zero-order valence-electron chi connectivity index (χ0n) is 12.8. The van der Waals surface area contributed by atoms with Gasteiger partial charge in [0.1, 0.15) is 0 Å². The summed E-state index contributed by atoms with van der Waals surface area (Å²) < 4.78 is 25.7. The summed E-state index contributed by atoms with van der Waals surface area (Å²) in [6, 6.07) is 11.7. The Morgan fingerprint density at radius 1 is 1.09 bits per heavy atom. The molecule has 0 aliphatic heterocycles. The van der Waals surface area contributed by atoms with Crippen molar-refractivity contribution in [2.24, 2.45) is 0 Å². The molecular weight excluding hydrogens is 316 g/mol. The molecule has 0 atom stereocenters. The minimum Gasteiger partial charge on any atom is -0.339 e. The number of nitrogens with zero attached hydrogens (tertiary/aromatic N) is 4. The summed E-state index contributed by atoms with van der Waals surface area (Å²) in [5.74, 6) is -0.433. The lowest BCUT2D eigenvalue weighted by atomic mass is 10.3. The van der Waals surface area contributed by atoms with E-state index in [9.17, 15) is 13.2 Å². The van der Waals surface area contributed by atoms with Crippen molar-refractivity contribution in [1.29, 1.82) is 10.5 Å². The summed E-state index contributed by atoms with van der Waals surface area (Å²) in [5, 5.41) is 17.2. The van der Waals surface area contributed by atoms with Gasteiger partial charge >= 0.3 is 0 Å². The van der Waals surface area contributed by atoms with Crippen LogP contribution >= 0.6 is 0 Å². The van der Waals surface area contributed by atoms with Crippen molar-refractivity contribution in [3.05, 3.63) is 30.3 Å². The van der Waals surface area contributed by atoms with Gasteiger partial charge in [0.2, 0.25) is 15.9 Å². The van der Waals surface area contributed by atoms with Crippen LogP contribution in [0.15, 0.2) is 35.2 Å². The van der Waals surface area contributed by atoms with Gasteiger partial charge in [-0.15, -0.1) is 0 Å². The molecule has 122 valence electrons. The first-order chi connectivity index (χ1) is 10.9. The average Bonchev–Trinajstić information content (AvgIpc) is 2.55. The lowest BCUT2D eigenvalue weighted by molar-refractivity contribution is -0.131. The molecule has 8 heteroatoms. The van der Waals surface area contributed by atoms with Crippen molar-refractivity contribution in [3.63, 3.8) is 0 Å². The Hall–Kier alpha value is -2.42. The van der Waals surface area contributed by atoms with E-state index in [1.165, 1.54) is 24.1 Å². The van der Waals surface area contributed by atoms with Gasteiger partial charge in [-0.05, 0) is 12.1 Å². The molecule has 0 aromatic heterocycles. The lowest BCUT2D eigenvalue weighted by Crippen LogP contribution is -2.41. The zero-order chi connectivity index (χ0) is 17.3. The van der Waals surface area contributed by atoms with Gasteiger partial charge in [-0.1, -0.05) is 18.2 Å². The highest BCUT2D eigenvalue weighted by molar-refractivity contribution is 7.89. The first-order valence-electron chi connectivity index (χ1n) is 6.96. The van der Waals surface area contributed by atoms with Crippen LogP contribution in [0.5, 0.6) is 0 Å². The monoisotopic (exact) mass is 334 g/mol. The molecule has 0 radical (unpaired) electrons. The summed E-state index contributed by atoms with van der Waals surface area (Å²) in [6.07, 6.45) is 0.263. The normalized spacial score (nSPS) is 10.8. The molecule has 0 bridgehead atoms.